The Morgan fingerprint density at radius 3 is 2.50 bits per heavy atom. The average Bonchev–Trinajstić information content (AvgIpc) is 2.37. The van der Waals surface area contributed by atoms with E-state index >= 15 is 0 Å². The van der Waals surface area contributed by atoms with Crippen LogP contribution in [-0.2, 0) is 11.8 Å². The summed E-state index contributed by atoms with van der Waals surface area (Å²) in [5.41, 5.74) is 10.8. The van der Waals surface area contributed by atoms with Gasteiger partial charge in [0.05, 0.1) is 5.52 Å². The van der Waals surface area contributed by atoms with Crippen LogP contribution in [0.15, 0.2) is 24.3 Å². The molecule has 0 saturated heterocycles. The van der Waals surface area contributed by atoms with Gasteiger partial charge in [-0.25, -0.2) is 0 Å². The van der Waals surface area contributed by atoms with Crippen LogP contribution in [0.1, 0.15) is 44.5 Å². The highest BCUT2D eigenvalue weighted by molar-refractivity contribution is 5.83. The summed E-state index contributed by atoms with van der Waals surface area (Å²) in [6.07, 6.45) is 0.953. The first-order chi connectivity index (χ1) is 9.31. The zero-order valence-electron chi connectivity index (χ0n) is 13.3. The quantitative estimate of drug-likeness (QED) is 0.916. The van der Waals surface area contributed by atoms with E-state index in [1.807, 2.05) is 0 Å². The van der Waals surface area contributed by atoms with Crippen LogP contribution in [0.2, 0.25) is 0 Å². The molecule has 0 saturated carbocycles. The molecule has 0 spiro atoms. The van der Waals surface area contributed by atoms with Crippen molar-refractivity contribution in [2.75, 3.05) is 6.54 Å². The molecule has 0 fully saturated rings. The van der Waals surface area contributed by atoms with Gasteiger partial charge in [0.25, 0.3) is 0 Å². The molecule has 0 radical (unpaired) electrons. The van der Waals surface area contributed by atoms with Crippen LogP contribution in [0, 0.1) is 12.8 Å². The third kappa shape index (κ3) is 3.18. The van der Waals surface area contributed by atoms with E-state index in [0.29, 0.717) is 12.5 Å². The first-order valence-electron chi connectivity index (χ1n) is 7.42. The van der Waals surface area contributed by atoms with Crippen LogP contribution < -0.4 is 5.73 Å². The summed E-state index contributed by atoms with van der Waals surface area (Å²) in [4.78, 5) is 4.79. The number of hydrogen-bond donors (Lipinski definition) is 1. The minimum Gasteiger partial charge on any atom is -0.330 e. The maximum Gasteiger partial charge on any atom is 0.0708 e. The Morgan fingerprint density at radius 1 is 1.20 bits per heavy atom. The molecule has 0 bridgehead atoms. The molecule has 20 heavy (non-hydrogen) atoms. The maximum absolute atomic E-state index is 5.71. The van der Waals surface area contributed by atoms with E-state index in [2.05, 4.69) is 58.9 Å². The summed E-state index contributed by atoms with van der Waals surface area (Å²) < 4.78 is 0. The molecule has 0 amide bonds. The van der Waals surface area contributed by atoms with Gasteiger partial charge in [-0.3, -0.25) is 4.98 Å². The Morgan fingerprint density at radius 2 is 1.90 bits per heavy atom. The van der Waals surface area contributed by atoms with Gasteiger partial charge in [-0.15, -0.1) is 0 Å². The van der Waals surface area contributed by atoms with Crippen molar-refractivity contribution in [1.29, 1.82) is 0 Å². The highest BCUT2D eigenvalue weighted by Crippen LogP contribution is 2.27. The molecule has 1 unspecified atom stereocenters. The van der Waals surface area contributed by atoms with Crippen molar-refractivity contribution in [2.45, 2.75) is 46.5 Å². The molecule has 1 aromatic heterocycles. The number of aromatic nitrogens is 1. The SMILES string of the molecule is Cc1cc(CC(C)CN)nc2ccc(C(C)(C)C)cc12. The molecule has 2 N–H and O–H groups in total. The first kappa shape index (κ1) is 15.0. The number of nitrogens with zero attached hydrogens (tertiary/aromatic N) is 1. The van der Waals surface area contributed by atoms with Gasteiger partial charge in [0.15, 0.2) is 0 Å². The topological polar surface area (TPSA) is 38.9 Å². The lowest BCUT2D eigenvalue weighted by Crippen LogP contribution is -2.14. The van der Waals surface area contributed by atoms with Gasteiger partial charge in [0.1, 0.15) is 0 Å². The molecule has 1 heterocycles. The maximum atomic E-state index is 5.71. The summed E-state index contributed by atoms with van der Waals surface area (Å²) in [5.74, 6) is 0.480. The van der Waals surface area contributed by atoms with Crippen molar-refractivity contribution in [3.63, 3.8) is 0 Å². The fraction of sp³-hybridized carbons (Fsp3) is 0.500. The van der Waals surface area contributed by atoms with Crippen molar-refractivity contribution in [3.05, 3.63) is 41.1 Å². The summed E-state index contributed by atoms with van der Waals surface area (Å²) >= 11 is 0. The lowest BCUT2D eigenvalue weighted by molar-refractivity contribution is 0.585. The molecule has 0 aliphatic rings. The zero-order chi connectivity index (χ0) is 14.9. The lowest BCUT2D eigenvalue weighted by Gasteiger charge is -2.20. The Balaban J connectivity index is 2.47. The fourth-order valence-electron chi connectivity index (χ4n) is 2.48. The summed E-state index contributed by atoms with van der Waals surface area (Å²) in [6.45, 7) is 11.8. The number of benzene rings is 1. The second kappa shape index (κ2) is 5.53. The van der Waals surface area contributed by atoms with Gasteiger partial charge in [-0.2, -0.15) is 0 Å². The van der Waals surface area contributed by atoms with E-state index in [1.165, 1.54) is 16.5 Å². The van der Waals surface area contributed by atoms with E-state index < -0.39 is 0 Å². The van der Waals surface area contributed by atoms with E-state index in [4.69, 9.17) is 10.7 Å². The predicted molar refractivity (Wildman–Crippen MR) is 87.1 cm³/mol. The zero-order valence-corrected chi connectivity index (χ0v) is 13.3. The molecule has 1 aromatic carbocycles. The van der Waals surface area contributed by atoms with Gasteiger partial charge in [-0.05, 0) is 60.5 Å². The van der Waals surface area contributed by atoms with E-state index in [9.17, 15) is 0 Å². The number of nitrogens with two attached hydrogens (primary N) is 1. The Hall–Kier alpha value is -1.41. The van der Waals surface area contributed by atoms with Crippen LogP contribution in [0.5, 0.6) is 0 Å². The fourth-order valence-corrected chi connectivity index (χ4v) is 2.48. The Kier molecular flexibility index (Phi) is 4.14. The number of fused-ring (bicyclic) bond motifs is 1. The van der Waals surface area contributed by atoms with E-state index in [1.54, 1.807) is 0 Å². The summed E-state index contributed by atoms with van der Waals surface area (Å²) in [6, 6.07) is 8.85. The van der Waals surface area contributed by atoms with E-state index in [-0.39, 0.29) is 5.41 Å². The van der Waals surface area contributed by atoms with Crippen LogP contribution in [0.4, 0.5) is 0 Å². The van der Waals surface area contributed by atoms with Crippen molar-refractivity contribution >= 4 is 10.9 Å². The summed E-state index contributed by atoms with van der Waals surface area (Å²) in [5, 5.41) is 1.27. The number of aryl methyl sites for hydroxylation is 1. The second-order valence-corrected chi connectivity index (χ2v) is 6.96. The number of rotatable bonds is 3. The minimum absolute atomic E-state index is 0.174. The average molecular weight is 270 g/mol. The van der Waals surface area contributed by atoms with Gasteiger partial charge >= 0.3 is 0 Å². The third-order valence-electron chi connectivity index (χ3n) is 3.89. The highest BCUT2D eigenvalue weighted by atomic mass is 14.7. The van der Waals surface area contributed by atoms with Crippen LogP contribution >= 0.6 is 0 Å². The van der Waals surface area contributed by atoms with Crippen LogP contribution in [0.3, 0.4) is 0 Å². The predicted octanol–water partition coefficient (Wildman–Crippen LogP) is 3.98. The molecule has 2 rings (SSSR count). The molecule has 2 nitrogen and oxygen atoms in total. The molecular weight excluding hydrogens is 244 g/mol. The van der Waals surface area contributed by atoms with Crippen molar-refractivity contribution in [1.82, 2.24) is 4.98 Å². The molecule has 2 aromatic rings. The monoisotopic (exact) mass is 270 g/mol. The largest absolute Gasteiger partial charge is 0.330 e. The highest BCUT2D eigenvalue weighted by Gasteiger charge is 2.15. The first-order valence-corrected chi connectivity index (χ1v) is 7.42. The lowest BCUT2D eigenvalue weighted by atomic mass is 9.86. The second-order valence-electron chi connectivity index (χ2n) is 6.96. The molecule has 0 aliphatic heterocycles. The molecule has 108 valence electrons. The Labute approximate surface area is 122 Å². The minimum atomic E-state index is 0.174. The van der Waals surface area contributed by atoms with Crippen LogP contribution in [0.25, 0.3) is 10.9 Å². The van der Waals surface area contributed by atoms with E-state index in [0.717, 1.165) is 17.6 Å². The van der Waals surface area contributed by atoms with Gasteiger partial charge < -0.3 is 5.73 Å². The molecule has 1 atom stereocenters. The molecule has 0 aliphatic carbocycles. The third-order valence-corrected chi connectivity index (χ3v) is 3.89. The van der Waals surface area contributed by atoms with Crippen molar-refractivity contribution in [3.8, 4) is 0 Å². The van der Waals surface area contributed by atoms with Gasteiger partial charge in [0, 0.05) is 11.1 Å². The van der Waals surface area contributed by atoms with Crippen molar-refractivity contribution < 1.29 is 0 Å². The van der Waals surface area contributed by atoms with Crippen molar-refractivity contribution in [2.24, 2.45) is 11.7 Å². The normalized spacial score (nSPS) is 13.7. The standard InChI is InChI=1S/C18H26N2/c1-12(11-19)8-15-9-13(2)16-10-14(18(3,4)5)6-7-17(16)20-15/h6-7,9-10,12H,8,11,19H2,1-5H3. The summed E-state index contributed by atoms with van der Waals surface area (Å²) in [7, 11) is 0. The molecule has 2 heteroatoms. The Bertz CT molecular complexity index is 609. The number of hydrogen-bond acceptors (Lipinski definition) is 2. The number of pyridine rings is 1. The smallest absolute Gasteiger partial charge is 0.0708 e. The van der Waals surface area contributed by atoms with Crippen LogP contribution in [-0.4, -0.2) is 11.5 Å². The van der Waals surface area contributed by atoms with Gasteiger partial charge in [0.2, 0.25) is 0 Å². The van der Waals surface area contributed by atoms with Gasteiger partial charge in [-0.1, -0.05) is 33.8 Å². The molecular formula is C18H26N2.